The SMILES string of the molecule is CC1(C)CN(c2cc(Cl)ccc2CO)CC(C)(C)O1. The van der Waals surface area contributed by atoms with Gasteiger partial charge in [0, 0.05) is 29.4 Å². The van der Waals surface area contributed by atoms with Crippen LogP contribution in [0, 0.1) is 0 Å². The maximum Gasteiger partial charge on any atom is 0.0808 e. The normalized spacial score (nSPS) is 21.5. The number of rotatable bonds is 2. The van der Waals surface area contributed by atoms with Gasteiger partial charge in [0.15, 0.2) is 0 Å². The highest BCUT2D eigenvalue weighted by Gasteiger charge is 2.38. The lowest BCUT2D eigenvalue weighted by molar-refractivity contribution is -0.133. The average Bonchev–Trinajstić information content (AvgIpc) is 2.24. The predicted octanol–water partition coefficient (Wildman–Crippen LogP) is 3.23. The smallest absolute Gasteiger partial charge is 0.0808 e. The molecule has 0 aromatic heterocycles. The number of halogens is 1. The Morgan fingerprint density at radius 2 is 1.79 bits per heavy atom. The van der Waals surface area contributed by atoms with Crippen LogP contribution in [0.15, 0.2) is 18.2 Å². The summed E-state index contributed by atoms with van der Waals surface area (Å²) in [5.41, 5.74) is 1.45. The summed E-state index contributed by atoms with van der Waals surface area (Å²) in [4.78, 5) is 2.25. The Morgan fingerprint density at radius 3 is 2.32 bits per heavy atom. The van der Waals surface area contributed by atoms with Crippen LogP contribution in [0.3, 0.4) is 0 Å². The number of hydrogen-bond donors (Lipinski definition) is 1. The second-order valence-electron chi connectivity index (χ2n) is 6.41. The Labute approximate surface area is 120 Å². The summed E-state index contributed by atoms with van der Waals surface area (Å²) < 4.78 is 6.08. The Bertz CT molecular complexity index is 455. The topological polar surface area (TPSA) is 32.7 Å². The number of anilines is 1. The van der Waals surface area contributed by atoms with Crippen molar-refractivity contribution in [3.8, 4) is 0 Å². The Kier molecular flexibility index (Phi) is 3.83. The van der Waals surface area contributed by atoms with Gasteiger partial charge in [-0.1, -0.05) is 17.7 Å². The number of aliphatic hydroxyl groups excluding tert-OH is 1. The molecule has 1 aromatic rings. The fourth-order valence-electron chi connectivity index (χ4n) is 2.92. The van der Waals surface area contributed by atoms with Crippen LogP contribution in [0.4, 0.5) is 5.69 Å². The first-order valence-electron chi connectivity index (χ1n) is 6.57. The third-order valence-corrected chi connectivity index (χ3v) is 3.49. The molecule has 2 rings (SSSR count). The Hall–Kier alpha value is -0.770. The van der Waals surface area contributed by atoms with Crippen molar-refractivity contribution in [2.24, 2.45) is 0 Å². The number of ether oxygens (including phenoxy) is 1. The zero-order chi connectivity index (χ0) is 14.3. The molecular weight excluding hydrogens is 262 g/mol. The van der Waals surface area contributed by atoms with Gasteiger partial charge in [-0.25, -0.2) is 0 Å². The van der Waals surface area contributed by atoms with Crippen LogP contribution in [0.5, 0.6) is 0 Å². The maximum atomic E-state index is 9.50. The van der Waals surface area contributed by atoms with Crippen LogP contribution >= 0.6 is 11.6 Å². The van der Waals surface area contributed by atoms with Gasteiger partial charge >= 0.3 is 0 Å². The van der Waals surface area contributed by atoms with Gasteiger partial charge in [-0.05, 0) is 39.8 Å². The number of hydrogen-bond acceptors (Lipinski definition) is 3. The van der Waals surface area contributed by atoms with E-state index in [0.717, 1.165) is 24.3 Å². The van der Waals surface area contributed by atoms with Crippen molar-refractivity contribution in [3.05, 3.63) is 28.8 Å². The highest BCUT2D eigenvalue weighted by Crippen LogP contribution is 2.34. The fourth-order valence-corrected chi connectivity index (χ4v) is 3.09. The largest absolute Gasteiger partial charge is 0.392 e. The van der Waals surface area contributed by atoms with E-state index >= 15 is 0 Å². The van der Waals surface area contributed by atoms with Crippen LogP contribution in [0.25, 0.3) is 0 Å². The molecule has 0 aliphatic carbocycles. The van der Waals surface area contributed by atoms with Crippen molar-refractivity contribution in [1.82, 2.24) is 0 Å². The van der Waals surface area contributed by atoms with E-state index in [4.69, 9.17) is 16.3 Å². The predicted molar refractivity (Wildman–Crippen MR) is 78.8 cm³/mol. The molecule has 1 aromatic carbocycles. The van der Waals surface area contributed by atoms with Crippen molar-refractivity contribution in [2.45, 2.75) is 45.5 Å². The van der Waals surface area contributed by atoms with Gasteiger partial charge in [-0.2, -0.15) is 0 Å². The number of morpholine rings is 1. The van der Waals surface area contributed by atoms with Gasteiger partial charge in [0.25, 0.3) is 0 Å². The lowest BCUT2D eigenvalue weighted by Gasteiger charge is -2.48. The van der Waals surface area contributed by atoms with Crippen LogP contribution in [0.1, 0.15) is 33.3 Å². The molecule has 0 atom stereocenters. The molecule has 106 valence electrons. The lowest BCUT2D eigenvalue weighted by Crippen LogP contribution is -2.57. The van der Waals surface area contributed by atoms with Crippen LogP contribution in [-0.4, -0.2) is 29.4 Å². The maximum absolute atomic E-state index is 9.50. The zero-order valence-corrected chi connectivity index (χ0v) is 12.8. The van der Waals surface area contributed by atoms with E-state index < -0.39 is 0 Å². The molecule has 0 amide bonds. The summed E-state index contributed by atoms with van der Waals surface area (Å²) in [5.74, 6) is 0. The summed E-state index contributed by atoms with van der Waals surface area (Å²) >= 11 is 6.10. The van der Waals surface area contributed by atoms with Gasteiger partial charge in [0.05, 0.1) is 17.8 Å². The average molecular weight is 284 g/mol. The molecular formula is C15H22ClNO2. The van der Waals surface area contributed by atoms with Crippen LogP contribution in [-0.2, 0) is 11.3 Å². The summed E-state index contributed by atoms with van der Waals surface area (Å²) in [6.45, 7) is 9.93. The molecule has 0 saturated carbocycles. The fraction of sp³-hybridized carbons (Fsp3) is 0.600. The third-order valence-electron chi connectivity index (χ3n) is 3.25. The second kappa shape index (κ2) is 4.97. The molecule has 1 fully saturated rings. The van der Waals surface area contributed by atoms with E-state index in [1.165, 1.54) is 0 Å². The Balaban J connectivity index is 2.38. The molecule has 0 spiro atoms. The third kappa shape index (κ3) is 3.41. The minimum atomic E-state index is -0.225. The van der Waals surface area contributed by atoms with Gasteiger partial charge in [-0.3, -0.25) is 0 Å². The molecule has 19 heavy (non-hydrogen) atoms. The highest BCUT2D eigenvalue weighted by atomic mass is 35.5. The first kappa shape index (κ1) is 14.6. The van der Waals surface area contributed by atoms with Crippen LogP contribution in [0.2, 0.25) is 5.02 Å². The number of nitrogens with zero attached hydrogens (tertiary/aromatic N) is 1. The number of benzene rings is 1. The van der Waals surface area contributed by atoms with Gasteiger partial charge < -0.3 is 14.7 Å². The van der Waals surface area contributed by atoms with E-state index in [1.807, 2.05) is 18.2 Å². The monoisotopic (exact) mass is 283 g/mol. The molecule has 0 radical (unpaired) electrons. The summed E-state index contributed by atoms with van der Waals surface area (Å²) in [6, 6.07) is 5.62. The van der Waals surface area contributed by atoms with E-state index in [-0.39, 0.29) is 17.8 Å². The van der Waals surface area contributed by atoms with Crippen LogP contribution < -0.4 is 4.90 Å². The molecule has 0 bridgehead atoms. The molecule has 1 heterocycles. The van der Waals surface area contributed by atoms with Gasteiger partial charge in [0.1, 0.15) is 0 Å². The molecule has 4 heteroatoms. The molecule has 1 aliphatic rings. The lowest BCUT2D eigenvalue weighted by atomic mass is 9.97. The van der Waals surface area contributed by atoms with E-state index in [0.29, 0.717) is 5.02 Å². The van der Waals surface area contributed by atoms with Crippen molar-refractivity contribution in [3.63, 3.8) is 0 Å². The van der Waals surface area contributed by atoms with Gasteiger partial charge in [-0.15, -0.1) is 0 Å². The second-order valence-corrected chi connectivity index (χ2v) is 6.85. The van der Waals surface area contributed by atoms with Crippen molar-refractivity contribution in [1.29, 1.82) is 0 Å². The minimum absolute atomic E-state index is 0.0186. The quantitative estimate of drug-likeness (QED) is 0.904. The number of aliphatic hydroxyl groups is 1. The first-order valence-corrected chi connectivity index (χ1v) is 6.95. The first-order chi connectivity index (χ1) is 8.72. The van der Waals surface area contributed by atoms with Crippen molar-refractivity contribution >= 4 is 17.3 Å². The highest BCUT2D eigenvalue weighted by molar-refractivity contribution is 6.30. The summed E-state index contributed by atoms with van der Waals surface area (Å²) in [6.07, 6.45) is 0. The van der Waals surface area contributed by atoms with E-state index in [1.54, 1.807) is 0 Å². The zero-order valence-electron chi connectivity index (χ0n) is 12.0. The minimum Gasteiger partial charge on any atom is -0.392 e. The van der Waals surface area contributed by atoms with Crippen molar-refractivity contribution < 1.29 is 9.84 Å². The van der Waals surface area contributed by atoms with Crippen molar-refractivity contribution in [2.75, 3.05) is 18.0 Å². The molecule has 1 saturated heterocycles. The standard InChI is InChI=1S/C15H22ClNO2/c1-14(2)9-17(10-15(3,4)19-14)13-7-12(16)6-5-11(13)8-18/h5-7,18H,8-10H2,1-4H3. The van der Waals surface area contributed by atoms with E-state index in [9.17, 15) is 5.11 Å². The van der Waals surface area contributed by atoms with E-state index in [2.05, 4.69) is 32.6 Å². The molecule has 1 N–H and O–H groups in total. The molecule has 0 unspecified atom stereocenters. The Morgan fingerprint density at radius 1 is 1.21 bits per heavy atom. The summed E-state index contributed by atoms with van der Waals surface area (Å²) in [7, 11) is 0. The molecule has 3 nitrogen and oxygen atoms in total. The van der Waals surface area contributed by atoms with Gasteiger partial charge in [0.2, 0.25) is 0 Å². The molecule has 1 aliphatic heterocycles. The summed E-state index contributed by atoms with van der Waals surface area (Å²) in [5, 5.41) is 10.2.